The maximum absolute atomic E-state index is 11.9. The molecule has 0 radical (unpaired) electrons. The van der Waals surface area contributed by atoms with Crippen LogP contribution in [0.15, 0.2) is 22.3 Å². The Morgan fingerprint density at radius 2 is 2.10 bits per heavy atom. The highest BCUT2D eigenvalue weighted by molar-refractivity contribution is 7.17. The molecule has 0 aliphatic carbocycles. The van der Waals surface area contributed by atoms with E-state index in [4.69, 9.17) is 9.47 Å². The number of hydrogen-bond donors (Lipinski definition) is 2. The Morgan fingerprint density at radius 1 is 1.35 bits per heavy atom. The van der Waals surface area contributed by atoms with E-state index in [1.165, 1.54) is 11.3 Å². The number of ether oxygens (including phenoxy) is 2. The largest absolute Gasteiger partial charge is 0.371 e. The fourth-order valence-corrected chi connectivity index (χ4v) is 2.74. The topological polar surface area (TPSA) is 63.3 Å². The number of fused-ring (bicyclic) bond motifs is 1. The van der Waals surface area contributed by atoms with Crippen LogP contribution in [0.5, 0.6) is 0 Å². The van der Waals surface area contributed by atoms with Gasteiger partial charge in [0, 0.05) is 32.2 Å². The van der Waals surface area contributed by atoms with Gasteiger partial charge in [-0.05, 0) is 25.3 Å². The van der Waals surface area contributed by atoms with Gasteiger partial charge >= 0.3 is 0 Å². The number of anilines is 1. The average molecular weight is 296 g/mol. The summed E-state index contributed by atoms with van der Waals surface area (Å²) in [6.45, 7) is 5.82. The Labute approximate surface area is 121 Å². The van der Waals surface area contributed by atoms with Gasteiger partial charge in [0.15, 0.2) is 6.29 Å². The zero-order chi connectivity index (χ0) is 14.4. The van der Waals surface area contributed by atoms with Crippen LogP contribution in [0.1, 0.15) is 20.3 Å². The fourth-order valence-electron chi connectivity index (χ4n) is 1.98. The van der Waals surface area contributed by atoms with Crippen molar-refractivity contribution in [2.45, 2.75) is 26.6 Å². The van der Waals surface area contributed by atoms with Crippen molar-refractivity contribution in [1.29, 1.82) is 0 Å². The lowest BCUT2D eigenvalue weighted by atomic mass is 10.3. The number of pyridine rings is 1. The second-order valence-electron chi connectivity index (χ2n) is 4.27. The van der Waals surface area contributed by atoms with E-state index < -0.39 is 0 Å². The molecule has 0 saturated carbocycles. The first-order chi connectivity index (χ1) is 9.74. The summed E-state index contributed by atoms with van der Waals surface area (Å²) >= 11 is 1.45. The first-order valence-corrected chi connectivity index (χ1v) is 7.70. The van der Waals surface area contributed by atoms with Crippen molar-refractivity contribution in [3.63, 3.8) is 0 Å². The maximum Gasteiger partial charge on any atom is 0.201 e. The van der Waals surface area contributed by atoms with Crippen molar-refractivity contribution < 1.29 is 9.47 Å². The SMILES string of the molecule is CCOC(CCNc1cc(=O)c2sccc2[nH]1)OCC. The Hall–Kier alpha value is -1.37. The summed E-state index contributed by atoms with van der Waals surface area (Å²) in [5, 5.41) is 5.11. The third kappa shape index (κ3) is 3.82. The average Bonchev–Trinajstić information content (AvgIpc) is 2.88. The van der Waals surface area contributed by atoms with Crippen LogP contribution >= 0.6 is 11.3 Å². The van der Waals surface area contributed by atoms with E-state index in [9.17, 15) is 4.79 Å². The Kier molecular flexibility index (Phi) is 5.58. The molecule has 110 valence electrons. The highest BCUT2D eigenvalue weighted by Gasteiger charge is 2.08. The minimum atomic E-state index is -0.200. The molecule has 0 unspecified atom stereocenters. The van der Waals surface area contributed by atoms with Gasteiger partial charge in [-0.15, -0.1) is 11.3 Å². The molecule has 0 fully saturated rings. The molecular weight excluding hydrogens is 276 g/mol. The molecule has 5 nitrogen and oxygen atoms in total. The normalized spacial score (nSPS) is 11.3. The molecule has 0 atom stereocenters. The summed E-state index contributed by atoms with van der Waals surface area (Å²) in [5.74, 6) is 0.729. The Morgan fingerprint density at radius 3 is 2.80 bits per heavy atom. The van der Waals surface area contributed by atoms with Crippen molar-refractivity contribution in [2.24, 2.45) is 0 Å². The zero-order valence-electron chi connectivity index (χ0n) is 11.8. The Bertz CT molecular complexity index is 587. The molecule has 20 heavy (non-hydrogen) atoms. The van der Waals surface area contributed by atoms with E-state index in [1.54, 1.807) is 6.07 Å². The van der Waals surface area contributed by atoms with Crippen molar-refractivity contribution in [3.8, 4) is 0 Å². The summed E-state index contributed by atoms with van der Waals surface area (Å²) in [7, 11) is 0. The summed E-state index contributed by atoms with van der Waals surface area (Å²) < 4.78 is 11.7. The van der Waals surface area contributed by atoms with Crippen LogP contribution < -0.4 is 10.7 Å². The second-order valence-corrected chi connectivity index (χ2v) is 5.18. The first kappa shape index (κ1) is 15.0. The van der Waals surface area contributed by atoms with Crippen molar-refractivity contribution in [3.05, 3.63) is 27.7 Å². The molecule has 0 aliphatic rings. The number of aromatic nitrogens is 1. The van der Waals surface area contributed by atoms with Crippen molar-refractivity contribution in [1.82, 2.24) is 4.98 Å². The molecule has 6 heteroatoms. The summed E-state index contributed by atoms with van der Waals surface area (Å²) in [6.07, 6.45) is 0.528. The lowest BCUT2D eigenvalue weighted by Gasteiger charge is -2.17. The van der Waals surface area contributed by atoms with Crippen LogP contribution in [0.2, 0.25) is 0 Å². The predicted octanol–water partition coefficient (Wildman–Crippen LogP) is 2.79. The van der Waals surface area contributed by atoms with Gasteiger partial charge in [0.1, 0.15) is 5.82 Å². The van der Waals surface area contributed by atoms with E-state index in [1.807, 2.05) is 25.3 Å². The first-order valence-electron chi connectivity index (χ1n) is 6.82. The monoisotopic (exact) mass is 296 g/mol. The molecule has 0 saturated heterocycles. The van der Waals surface area contributed by atoms with Crippen LogP contribution in [0.3, 0.4) is 0 Å². The Balaban J connectivity index is 1.93. The van der Waals surface area contributed by atoms with Crippen molar-refractivity contribution in [2.75, 3.05) is 25.1 Å². The molecule has 2 N–H and O–H groups in total. The third-order valence-electron chi connectivity index (χ3n) is 2.83. The number of H-pyrrole nitrogens is 1. The summed E-state index contributed by atoms with van der Waals surface area (Å²) in [5.41, 5.74) is 0.915. The standard InChI is InChI=1S/C14H20N2O3S/c1-3-18-13(19-4-2)5-7-15-12-9-11(17)14-10(16-12)6-8-20-14/h6,8-9,13H,3-5,7H2,1-2H3,(H2,15,16,17). The number of thiophene rings is 1. The number of rotatable bonds is 8. The van der Waals surface area contributed by atoms with Crippen LogP contribution in [-0.4, -0.2) is 31.0 Å². The number of hydrogen-bond acceptors (Lipinski definition) is 5. The van der Waals surface area contributed by atoms with Gasteiger partial charge < -0.3 is 19.8 Å². The minimum absolute atomic E-state index is 0.0439. The molecule has 2 heterocycles. The third-order valence-corrected chi connectivity index (χ3v) is 3.76. The van der Waals surface area contributed by atoms with E-state index in [0.717, 1.165) is 22.5 Å². The molecule has 0 aromatic carbocycles. The van der Waals surface area contributed by atoms with Crippen LogP contribution in [0.25, 0.3) is 10.2 Å². The molecule has 2 rings (SSSR count). The quantitative estimate of drug-likeness (QED) is 0.735. The second kappa shape index (κ2) is 7.42. The minimum Gasteiger partial charge on any atom is -0.371 e. The fraction of sp³-hybridized carbons (Fsp3) is 0.500. The van der Waals surface area contributed by atoms with Crippen molar-refractivity contribution >= 4 is 27.4 Å². The molecule has 0 amide bonds. The van der Waals surface area contributed by atoms with Gasteiger partial charge in [-0.1, -0.05) is 0 Å². The molecule has 0 aliphatic heterocycles. The predicted molar refractivity (Wildman–Crippen MR) is 82.6 cm³/mol. The van der Waals surface area contributed by atoms with Crippen LogP contribution in [0.4, 0.5) is 5.82 Å². The van der Waals surface area contributed by atoms with Gasteiger partial charge in [0.25, 0.3) is 0 Å². The maximum atomic E-state index is 11.9. The zero-order valence-corrected chi connectivity index (χ0v) is 12.6. The van der Waals surface area contributed by atoms with E-state index in [-0.39, 0.29) is 11.7 Å². The van der Waals surface area contributed by atoms with Gasteiger partial charge in [-0.2, -0.15) is 0 Å². The van der Waals surface area contributed by atoms with E-state index >= 15 is 0 Å². The highest BCUT2D eigenvalue weighted by atomic mass is 32.1. The van der Waals surface area contributed by atoms with Crippen LogP contribution in [0, 0.1) is 0 Å². The van der Waals surface area contributed by atoms with E-state index in [0.29, 0.717) is 19.8 Å². The molecular formula is C14H20N2O3S. The smallest absolute Gasteiger partial charge is 0.201 e. The van der Waals surface area contributed by atoms with E-state index in [2.05, 4.69) is 10.3 Å². The molecule has 0 bridgehead atoms. The molecule has 2 aromatic rings. The highest BCUT2D eigenvalue weighted by Crippen LogP contribution is 2.16. The van der Waals surface area contributed by atoms with Gasteiger partial charge in [0.05, 0.1) is 10.2 Å². The van der Waals surface area contributed by atoms with Gasteiger partial charge in [0.2, 0.25) is 5.43 Å². The molecule has 2 aromatic heterocycles. The van der Waals surface area contributed by atoms with Crippen LogP contribution in [-0.2, 0) is 9.47 Å². The van der Waals surface area contributed by atoms with Gasteiger partial charge in [-0.25, -0.2) is 0 Å². The number of nitrogens with one attached hydrogen (secondary N) is 2. The summed E-state index contributed by atoms with van der Waals surface area (Å²) in [4.78, 5) is 15.1. The van der Waals surface area contributed by atoms with Gasteiger partial charge in [-0.3, -0.25) is 4.79 Å². The molecule has 0 spiro atoms. The number of aromatic amines is 1. The summed E-state index contributed by atoms with van der Waals surface area (Å²) in [6, 6.07) is 3.50. The lowest BCUT2D eigenvalue weighted by Crippen LogP contribution is -2.21. The lowest BCUT2D eigenvalue weighted by molar-refractivity contribution is -0.137.